The second-order valence-electron chi connectivity index (χ2n) is 3.60. The Bertz CT molecular complexity index is 469. The van der Waals surface area contributed by atoms with Gasteiger partial charge < -0.3 is 26.6 Å². The number of aliphatic hydroxyl groups is 2. The largest absolute Gasteiger partial charge is 0.395 e. The number of benzene rings is 1. The van der Waals surface area contributed by atoms with Crippen LogP contribution in [0.4, 0.5) is 27.1 Å². The quantitative estimate of drug-likeness (QED) is 0.271. The molecule has 0 aromatic heterocycles. The number of hydrogen-bond acceptors (Lipinski definition) is 7. The Morgan fingerprint density at radius 2 is 1.79 bits per heavy atom. The third kappa shape index (κ3) is 3.42. The molecule has 0 bridgehead atoms. The summed E-state index contributed by atoms with van der Waals surface area (Å²) in [5, 5.41) is 33.5. The van der Waals surface area contributed by atoms with Crippen LogP contribution in [0.5, 0.6) is 0 Å². The lowest BCUT2D eigenvalue weighted by atomic mass is 10.1. The fourth-order valence-corrected chi connectivity index (χ4v) is 1.56. The molecule has 1 rings (SSSR count). The van der Waals surface area contributed by atoms with Crippen LogP contribution in [0.3, 0.4) is 0 Å². The highest BCUT2D eigenvalue weighted by Crippen LogP contribution is 2.39. The van der Waals surface area contributed by atoms with Crippen molar-refractivity contribution >= 4 is 22.7 Å². The monoisotopic (exact) mass is 274 g/mol. The lowest BCUT2D eigenvalue weighted by molar-refractivity contribution is -0.383. The van der Waals surface area contributed by atoms with E-state index >= 15 is 0 Å². The molecular formula is C10H15FN4O4. The van der Waals surface area contributed by atoms with Gasteiger partial charge in [0.25, 0.3) is 0 Å². The smallest absolute Gasteiger partial charge is 0.317 e. The van der Waals surface area contributed by atoms with Crippen molar-refractivity contribution in [2.24, 2.45) is 0 Å². The van der Waals surface area contributed by atoms with Gasteiger partial charge in [0.1, 0.15) is 17.1 Å². The van der Waals surface area contributed by atoms with Crippen LogP contribution in [0.2, 0.25) is 0 Å². The Kier molecular flexibility index (Phi) is 5.27. The minimum atomic E-state index is -0.781. The number of nitro groups is 1. The van der Waals surface area contributed by atoms with E-state index in [4.69, 9.17) is 15.9 Å². The SMILES string of the molecule is Nc1cc(F)c(NCCO)c(NCCO)c1[N+](=O)[O-]. The molecule has 1 aromatic carbocycles. The molecule has 6 N–H and O–H groups in total. The summed E-state index contributed by atoms with van der Waals surface area (Å²) in [6.45, 7) is -0.534. The second kappa shape index (κ2) is 6.71. The van der Waals surface area contributed by atoms with E-state index in [1.165, 1.54) is 0 Å². The predicted molar refractivity (Wildman–Crippen MR) is 68.6 cm³/mol. The molecule has 0 saturated heterocycles. The topological polar surface area (TPSA) is 134 Å². The van der Waals surface area contributed by atoms with E-state index in [2.05, 4.69) is 10.6 Å². The van der Waals surface area contributed by atoms with E-state index in [0.29, 0.717) is 0 Å². The van der Waals surface area contributed by atoms with E-state index in [0.717, 1.165) is 6.07 Å². The zero-order valence-corrected chi connectivity index (χ0v) is 10.0. The average molecular weight is 274 g/mol. The number of hydrogen-bond donors (Lipinski definition) is 5. The van der Waals surface area contributed by atoms with Gasteiger partial charge in [0.05, 0.1) is 18.1 Å². The van der Waals surface area contributed by atoms with Crippen molar-refractivity contribution in [3.8, 4) is 0 Å². The molecule has 9 heteroatoms. The molecule has 1 aromatic rings. The summed E-state index contributed by atoms with van der Waals surface area (Å²) >= 11 is 0. The van der Waals surface area contributed by atoms with Crippen LogP contribution in [-0.2, 0) is 0 Å². The van der Waals surface area contributed by atoms with Crippen LogP contribution in [0.25, 0.3) is 0 Å². The first-order valence-electron chi connectivity index (χ1n) is 5.48. The number of rotatable bonds is 7. The summed E-state index contributed by atoms with van der Waals surface area (Å²) in [7, 11) is 0. The molecule has 0 atom stereocenters. The summed E-state index contributed by atoms with van der Waals surface area (Å²) in [6.07, 6.45) is 0. The number of nitrogens with two attached hydrogens (primary N) is 1. The maximum atomic E-state index is 13.8. The molecule has 0 radical (unpaired) electrons. The maximum absolute atomic E-state index is 13.8. The molecule has 19 heavy (non-hydrogen) atoms. The van der Waals surface area contributed by atoms with Crippen molar-refractivity contribution in [2.45, 2.75) is 0 Å². The van der Waals surface area contributed by atoms with E-state index in [-0.39, 0.29) is 43.4 Å². The van der Waals surface area contributed by atoms with Crippen molar-refractivity contribution in [1.29, 1.82) is 0 Å². The molecule has 0 aliphatic heterocycles. The Balaban J connectivity index is 3.32. The van der Waals surface area contributed by atoms with Gasteiger partial charge in [-0.25, -0.2) is 4.39 Å². The van der Waals surface area contributed by atoms with Gasteiger partial charge in [0.15, 0.2) is 5.82 Å². The van der Waals surface area contributed by atoms with Gasteiger partial charge in [-0.15, -0.1) is 0 Å². The molecule has 106 valence electrons. The van der Waals surface area contributed by atoms with Crippen molar-refractivity contribution in [2.75, 3.05) is 42.7 Å². The number of nitrogens with zero attached hydrogens (tertiary/aromatic N) is 1. The second-order valence-corrected chi connectivity index (χ2v) is 3.60. The summed E-state index contributed by atoms with van der Waals surface area (Å²) < 4.78 is 13.8. The molecule has 0 amide bonds. The fourth-order valence-electron chi connectivity index (χ4n) is 1.56. The van der Waals surface area contributed by atoms with Gasteiger partial charge in [-0.3, -0.25) is 10.1 Å². The summed E-state index contributed by atoms with van der Waals surface area (Å²) in [5.74, 6) is -0.781. The lowest BCUT2D eigenvalue weighted by Crippen LogP contribution is -2.15. The zero-order chi connectivity index (χ0) is 14.4. The number of aliphatic hydroxyl groups excluding tert-OH is 2. The number of anilines is 3. The zero-order valence-electron chi connectivity index (χ0n) is 10.0. The van der Waals surface area contributed by atoms with Gasteiger partial charge in [-0.05, 0) is 0 Å². The maximum Gasteiger partial charge on any atom is 0.317 e. The van der Waals surface area contributed by atoms with Crippen LogP contribution < -0.4 is 16.4 Å². The number of halogens is 1. The normalized spacial score (nSPS) is 10.3. The van der Waals surface area contributed by atoms with Crippen LogP contribution in [0.15, 0.2) is 6.07 Å². The molecule has 0 saturated carbocycles. The number of nitrogens with one attached hydrogen (secondary N) is 2. The molecule has 0 aliphatic carbocycles. The minimum Gasteiger partial charge on any atom is -0.395 e. The van der Waals surface area contributed by atoms with E-state index < -0.39 is 16.4 Å². The van der Waals surface area contributed by atoms with Gasteiger partial charge in [0, 0.05) is 19.2 Å². The highest BCUT2D eigenvalue weighted by atomic mass is 19.1. The third-order valence-corrected chi connectivity index (χ3v) is 2.29. The van der Waals surface area contributed by atoms with Crippen LogP contribution in [0, 0.1) is 15.9 Å². The van der Waals surface area contributed by atoms with Gasteiger partial charge in [0.2, 0.25) is 0 Å². The first-order valence-corrected chi connectivity index (χ1v) is 5.48. The molecule has 0 spiro atoms. The van der Waals surface area contributed by atoms with Crippen LogP contribution >= 0.6 is 0 Å². The molecule has 0 heterocycles. The first kappa shape index (κ1) is 14.9. The molecule has 8 nitrogen and oxygen atoms in total. The standard InChI is InChI=1S/C10H15FN4O4/c11-6-5-7(12)10(15(18)19)9(14-2-4-17)8(6)13-1-3-16/h5,13-14,16-17H,1-4,12H2. The van der Waals surface area contributed by atoms with Crippen LogP contribution in [0.1, 0.15) is 0 Å². The van der Waals surface area contributed by atoms with Crippen LogP contribution in [-0.4, -0.2) is 41.4 Å². The lowest BCUT2D eigenvalue weighted by Gasteiger charge is -2.15. The average Bonchev–Trinajstić information content (AvgIpc) is 2.34. The molecular weight excluding hydrogens is 259 g/mol. The summed E-state index contributed by atoms with van der Waals surface area (Å²) in [6, 6.07) is 0.835. The number of nitrogen functional groups attached to an aromatic ring is 1. The van der Waals surface area contributed by atoms with Gasteiger partial charge in [-0.2, -0.15) is 0 Å². The van der Waals surface area contributed by atoms with Crippen molar-refractivity contribution in [3.05, 3.63) is 22.0 Å². The Labute approximate surface area is 108 Å². The Morgan fingerprint density at radius 1 is 1.26 bits per heavy atom. The Hall–Kier alpha value is -2.13. The molecule has 0 fully saturated rings. The van der Waals surface area contributed by atoms with Gasteiger partial charge >= 0.3 is 5.69 Å². The summed E-state index contributed by atoms with van der Waals surface area (Å²) in [5.41, 5.74) is 4.32. The Morgan fingerprint density at radius 3 is 2.26 bits per heavy atom. The van der Waals surface area contributed by atoms with Gasteiger partial charge in [-0.1, -0.05) is 0 Å². The minimum absolute atomic E-state index is 0.00244. The van der Waals surface area contributed by atoms with Crippen molar-refractivity contribution in [1.82, 2.24) is 0 Å². The number of nitro benzene ring substituents is 1. The fraction of sp³-hybridized carbons (Fsp3) is 0.400. The van der Waals surface area contributed by atoms with E-state index in [9.17, 15) is 14.5 Å². The highest BCUT2D eigenvalue weighted by Gasteiger charge is 2.25. The summed E-state index contributed by atoms with van der Waals surface area (Å²) in [4.78, 5) is 10.2. The van der Waals surface area contributed by atoms with Crippen molar-refractivity contribution < 1.29 is 19.5 Å². The molecule has 0 aliphatic rings. The van der Waals surface area contributed by atoms with E-state index in [1.807, 2.05) is 0 Å². The van der Waals surface area contributed by atoms with Crippen molar-refractivity contribution in [3.63, 3.8) is 0 Å². The predicted octanol–water partition coefficient (Wildman–Crippen LogP) is 0.125. The third-order valence-electron chi connectivity index (χ3n) is 2.29. The molecule has 0 unspecified atom stereocenters. The van der Waals surface area contributed by atoms with E-state index in [1.54, 1.807) is 0 Å². The first-order chi connectivity index (χ1) is 9.02. The highest BCUT2D eigenvalue weighted by molar-refractivity contribution is 5.86.